The third kappa shape index (κ3) is 9.15. The molecular weight excluding hydrogens is 685 g/mol. The molecule has 4 bridgehead atoms. The van der Waals surface area contributed by atoms with Crippen LogP contribution in [-0.2, 0) is 38.4 Å². The van der Waals surface area contributed by atoms with Gasteiger partial charge in [0.1, 0.15) is 12.1 Å². The van der Waals surface area contributed by atoms with Crippen molar-refractivity contribution in [2.75, 3.05) is 18.4 Å². The summed E-state index contributed by atoms with van der Waals surface area (Å²) in [5.41, 5.74) is 18.2. The van der Waals surface area contributed by atoms with Gasteiger partial charge in [-0.15, -0.1) is 0 Å². The molecule has 2 heterocycles. The first kappa shape index (κ1) is 37.8. The number of carbonyl (C=O) groups excluding carboxylic acids is 5. The van der Waals surface area contributed by atoms with Crippen LogP contribution >= 0.6 is 0 Å². The van der Waals surface area contributed by atoms with Crippen LogP contribution in [0.25, 0.3) is 22.5 Å². The molecule has 13 heteroatoms. The molecular formula is C41H46N8O5. The summed E-state index contributed by atoms with van der Waals surface area (Å²) in [6, 6.07) is 17.1. The van der Waals surface area contributed by atoms with E-state index in [0.717, 1.165) is 17.9 Å². The number of hydrogen-bond acceptors (Lipinski definition) is 8. The molecule has 13 nitrogen and oxygen atoms in total. The Hall–Kier alpha value is -5.95. The zero-order valence-electron chi connectivity index (χ0n) is 30.5. The molecule has 1 fully saturated rings. The Balaban J connectivity index is 1.24. The van der Waals surface area contributed by atoms with E-state index in [-0.39, 0.29) is 43.8 Å². The average molecular weight is 731 g/mol. The predicted molar refractivity (Wildman–Crippen MR) is 205 cm³/mol. The van der Waals surface area contributed by atoms with Gasteiger partial charge >= 0.3 is 0 Å². The number of benzene rings is 3. The van der Waals surface area contributed by atoms with E-state index in [2.05, 4.69) is 43.4 Å². The van der Waals surface area contributed by atoms with Gasteiger partial charge in [-0.05, 0) is 73.0 Å². The van der Waals surface area contributed by atoms with Gasteiger partial charge in [-0.1, -0.05) is 73.9 Å². The van der Waals surface area contributed by atoms with E-state index in [0.29, 0.717) is 45.0 Å². The maximum absolute atomic E-state index is 14.0. The van der Waals surface area contributed by atoms with Gasteiger partial charge in [0, 0.05) is 23.7 Å². The van der Waals surface area contributed by atoms with Crippen molar-refractivity contribution in [1.29, 1.82) is 0 Å². The number of hydrogen-bond donors (Lipinski definition) is 6. The number of aryl methyl sites for hydroxylation is 2. The minimum absolute atomic E-state index is 0.00209. The molecule has 4 aromatic rings. The lowest BCUT2D eigenvalue weighted by molar-refractivity contribution is -0.128. The van der Waals surface area contributed by atoms with Gasteiger partial charge in [0.05, 0.1) is 29.9 Å². The maximum atomic E-state index is 14.0. The Morgan fingerprint density at radius 3 is 2.43 bits per heavy atom. The van der Waals surface area contributed by atoms with Crippen molar-refractivity contribution in [1.82, 2.24) is 25.9 Å². The fraction of sp³-hybridized carbons (Fsp3) is 0.341. The normalized spacial score (nSPS) is 16.5. The van der Waals surface area contributed by atoms with Crippen molar-refractivity contribution in [3.63, 3.8) is 0 Å². The van der Waals surface area contributed by atoms with Crippen molar-refractivity contribution in [2.45, 2.75) is 70.9 Å². The van der Waals surface area contributed by atoms with Crippen LogP contribution < -0.4 is 32.7 Å². The zero-order valence-corrected chi connectivity index (χ0v) is 30.5. The summed E-state index contributed by atoms with van der Waals surface area (Å²) in [4.78, 5) is 74.2. The molecule has 1 aliphatic carbocycles. The molecule has 1 unspecified atom stereocenters. The van der Waals surface area contributed by atoms with Crippen LogP contribution in [0.15, 0.2) is 66.9 Å². The van der Waals surface area contributed by atoms with E-state index in [1.807, 2.05) is 37.3 Å². The van der Waals surface area contributed by atoms with Crippen LogP contribution in [0, 0.1) is 19.8 Å². The molecule has 0 saturated heterocycles. The highest BCUT2D eigenvalue weighted by Crippen LogP contribution is 2.34. The molecule has 0 radical (unpaired) electrons. The maximum Gasteiger partial charge on any atom is 0.255 e. The number of nitrogens with one attached hydrogen (secondary N) is 4. The third-order valence-corrected chi connectivity index (χ3v) is 10.1. The largest absolute Gasteiger partial charge is 0.368 e. The van der Waals surface area contributed by atoms with Gasteiger partial charge in [0.2, 0.25) is 23.6 Å². The van der Waals surface area contributed by atoms with Gasteiger partial charge in [-0.25, -0.2) is 9.97 Å². The van der Waals surface area contributed by atoms with Gasteiger partial charge in [0.15, 0.2) is 5.82 Å². The molecule has 280 valence electrons. The Morgan fingerprint density at radius 2 is 1.74 bits per heavy atom. The minimum Gasteiger partial charge on any atom is -0.368 e. The Morgan fingerprint density at radius 1 is 0.963 bits per heavy atom. The van der Waals surface area contributed by atoms with Gasteiger partial charge in [0.25, 0.3) is 5.91 Å². The molecule has 6 rings (SSSR count). The highest BCUT2D eigenvalue weighted by Gasteiger charge is 2.26. The highest BCUT2D eigenvalue weighted by atomic mass is 16.2. The molecule has 54 heavy (non-hydrogen) atoms. The summed E-state index contributed by atoms with van der Waals surface area (Å²) in [5.74, 6) is -1.38. The SMILES string of the molecule is Cc1cc2cc(c1NC(=O)[C@H](CCN)NC(=O)c1cnc(-c3ccc(CC4CCC4)cc3)nc1C)-c1cccc(c1)CC(=O)NCC(=O)NC(C(N)=O)C2. The smallest absolute Gasteiger partial charge is 0.255 e. The summed E-state index contributed by atoms with van der Waals surface area (Å²) >= 11 is 0. The number of primary amides is 1. The van der Waals surface area contributed by atoms with Crippen molar-refractivity contribution >= 4 is 35.2 Å². The fourth-order valence-corrected chi connectivity index (χ4v) is 6.88. The summed E-state index contributed by atoms with van der Waals surface area (Å²) in [7, 11) is 0. The summed E-state index contributed by atoms with van der Waals surface area (Å²) < 4.78 is 0. The molecule has 0 spiro atoms. The van der Waals surface area contributed by atoms with E-state index >= 15 is 0 Å². The van der Waals surface area contributed by atoms with E-state index in [9.17, 15) is 24.0 Å². The molecule has 5 amide bonds. The van der Waals surface area contributed by atoms with E-state index in [1.54, 1.807) is 25.1 Å². The Labute approximate surface area is 314 Å². The molecule has 1 aliphatic heterocycles. The molecule has 8 N–H and O–H groups in total. The number of rotatable bonds is 10. The summed E-state index contributed by atoms with van der Waals surface area (Å²) in [6.45, 7) is 3.36. The van der Waals surface area contributed by atoms with Crippen LogP contribution in [0.5, 0.6) is 0 Å². The zero-order chi connectivity index (χ0) is 38.4. The van der Waals surface area contributed by atoms with Crippen LogP contribution in [0.2, 0.25) is 0 Å². The molecule has 1 aromatic heterocycles. The number of carbonyl (C=O) groups is 5. The summed E-state index contributed by atoms with van der Waals surface area (Å²) in [5, 5.41) is 11.0. The fourth-order valence-electron chi connectivity index (χ4n) is 6.88. The van der Waals surface area contributed by atoms with E-state index in [4.69, 9.17) is 11.5 Å². The van der Waals surface area contributed by atoms with Gasteiger partial charge in [-0.3, -0.25) is 24.0 Å². The molecule has 2 atom stereocenters. The van der Waals surface area contributed by atoms with Crippen molar-refractivity contribution in [3.8, 4) is 22.5 Å². The first-order valence-electron chi connectivity index (χ1n) is 18.3. The third-order valence-electron chi connectivity index (χ3n) is 10.1. The lowest BCUT2D eigenvalue weighted by Gasteiger charge is -2.25. The van der Waals surface area contributed by atoms with Crippen LogP contribution in [0.1, 0.15) is 64.0 Å². The second-order valence-electron chi connectivity index (χ2n) is 14.2. The predicted octanol–water partition coefficient (Wildman–Crippen LogP) is 3.04. The number of aromatic nitrogens is 2. The topological polar surface area (TPSA) is 211 Å². The number of nitrogens with zero attached hydrogens (tertiary/aromatic N) is 2. The van der Waals surface area contributed by atoms with Crippen LogP contribution in [-0.4, -0.2) is 64.7 Å². The highest BCUT2D eigenvalue weighted by molar-refractivity contribution is 6.04. The lowest BCUT2D eigenvalue weighted by Crippen LogP contribution is -2.49. The van der Waals surface area contributed by atoms with Gasteiger partial charge in [-0.2, -0.15) is 0 Å². The molecule has 2 aliphatic rings. The first-order valence-corrected chi connectivity index (χ1v) is 18.3. The first-order chi connectivity index (χ1) is 26.0. The molecule has 3 aromatic carbocycles. The van der Waals surface area contributed by atoms with Crippen molar-refractivity contribution in [3.05, 3.63) is 100 Å². The number of fused-ring (bicyclic) bond motifs is 5. The Kier molecular flexibility index (Phi) is 11.8. The minimum atomic E-state index is -1.04. The number of nitrogens with two attached hydrogens (primary N) is 2. The second-order valence-corrected chi connectivity index (χ2v) is 14.2. The Bertz CT molecular complexity index is 2080. The number of amides is 5. The van der Waals surface area contributed by atoms with E-state index < -0.39 is 35.7 Å². The van der Waals surface area contributed by atoms with E-state index in [1.165, 1.54) is 31.0 Å². The van der Waals surface area contributed by atoms with Crippen molar-refractivity contribution < 1.29 is 24.0 Å². The second kappa shape index (κ2) is 16.8. The van der Waals surface area contributed by atoms with Crippen molar-refractivity contribution in [2.24, 2.45) is 17.4 Å². The standard InChI is InChI=1S/C41H46N8O5/c1-23-15-28-18-31(30-8-4-7-27(17-30)20-35(50)44-22-36(51)47-34(19-28)38(43)52)37(23)49-41(54)33(13-14-42)48-40(53)32-21-45-39(46-24(32)2)29-11-9-26(10-12-29)16-25-5-3-6-25/h4,7-12,15,17-18,21,25,33-34H,3,5-6,13-14,16,19-20,22,42H2,1-2H3,(H2,43,52)(H,44,50)(H,47,51)(H,48,53)(H,49,54)/t33-,34?/m0/s1. The monoisotopic (exact) mass is 730 g/mol. The van der Waals surface area contributed by atoms with Crippen LogP contribution in [0.4, 0.5) is 5.69 Å². The lowest BCUT2D eigenvalue weighted by atomic mass is 9.81. The average Bonchev–Trinajstić information content (AvgIpc) is 3.12. The molecule has 1 saturated carbocycles. The van der Waals surface area contributed by atoms with Crippen LogP contribution in [0.3, 0.4) is 0 Å². The quantitative estimate of drug-likeness (QED) is 0.142. The summed E-state index contributed by atoms with van der Waals surface area (Å²) in [6.07, 6.45) is 6.67. The van der Waals surface area contributed by atoms with Gasteiger partial charge < -0.3 is 32.7 Å². The number of anilines is 1.